The van der Waals surface area contributed by atoms with Crippen LogP contribution in [0.5, 0.6) is 17.2 Å². The maximum atomic E-state index is 13.6. The Hall–Kier alpha value is -6.28. The molecule has 2 heterocycles. The van der Waals surface area contributed by atoms with Gasteiger partial charge in [-0.05, 0) is 61.0 Å². The summed E-state index contributed by atoms with van der Waals surface area (Å²) in [5, 5.41) is 15.4. The zero-order valence-corrected chi connectivity index (χ0v) is 34.5. The number of methoxy groups -OCH3 is 2. The summed E-state index contributed by atoms with van der Waals surface area (Å²) in [6.45, 7) is 10.9. The Bertz CT molecular complexity index is 2350. The molecule has 0 aliphatic carbocycles. The number of anilines is 2. The first-order valence-corrected chi connectivity index (χ1v) is 19.5. The Balaban J connectivity index is 1.12. The van der Waals surface area contributed by atoms with Gasteiger partial charge >= 0.3 is 6.03 Å². The van der Waals surface area contributed by atoms with E-state index in [1.807, 2.05) is 91.9 Å². The number of rotatable bonds is 18. The van der Waals surface area contributed by atoms with Crippen molar-refractivity contribution in [2.24, 2.45) is 0 Å². The van der Waals surface area contributed by atoms with Crippen LogP contribution in [-0.2, 0) is 26.0 Å². The number of fused-ring (bicyclic) bond motifs is 1. The minimum Gasteiger partial charge on any atom is -0.497 e. The molecule has 0 radical (unpaired) electrons. The number of aryl methyl sites for hydroxylation is 1. The molecule has 308 valence electrons. The van der Waals surface area contributed by atoms with Crippen molar-refractivity contribution in [1.29, 1.82) is 0 Å². The lowest BCUT2D eigenvalue weighted by atomic mass is 9.92. The zero-order chi connectivity index (χ0) is 41.8. The van der Waals surface area contributed by atoms with Crippen molar-refractivity contribution in [3.05, 3.63) is 131 Å². The fourth-order valence-corrected chi connectivity index (χ4v) is 6.23. The van der Waals surface area contributed by atoms with Crippen LogP contribution in [0.3, 0.4) is 0 Å². The van der Waals surface area contributed by atoms with Gasteiger partial charge in [0.2, 0.25) is 0 Å². The second-order valence-corrected chi connectivity index (χ2v) is 15.0. The van der Waals surface area contributed by atoms with Crippen molar-refractivity contribution < 1.29 is 33.3 Å². The Morgan fingerprint density at radius 2 is 1.51 bits per heavy atom. The molecule has 2 aromatic heterocycles. The molecule has 0 atom stereocenters. The first-order chi connectivity index (χ1) is 28.5. The summed E-state index contributed by atoms with van der Waals surface area (Å²) in [7, 11) is 3.19. The second kappa shape index (κ2) is 19.9. The molecular weight excluding hydrogens is 749 g/mol. The Morgan fingerprint density at radius 1 is 0.763 bits per heavy atom. The summed E-state index contributed by atoms with van der Waals surface area (Å²) in [5.41, 5.74) is 5.28. The summed E-state index contributed by atoms with van der Waals surface area (Å²) in [6, 6.07) is 30.0. The summed E-state index contributed by atoms with van der Waals surface area (Å²) in [5.74, 6) is 2.08. The number of hydrogen-bond acceptors (Lipinski definition) is 9. The molecule has 13 nitrogen and oxygen atoms in total. The SMILES string of the molecule is COCCOCCOCCNC(=O)c1cc(Cc2cc(Oc3ccc(NC(=O)Nc4cc(C(C)(C)C)nn4-c4ccc(C)cc4)c4ccccc34)ccn2)cc(OC)c1. The summed E-state index contributed by atoms with van der Waals surface area (Å²) >= 11 is 0. The molecule has 0 aliphatic heterocycles. The topological polar surface area (TPSA) is 147 Å². The Kier molecular flexibility index (Phi) is 14.3. The monoisotopic (exact) mass is 800 g/mol. The summed E-state index contributed by atoms with van der Waals surface area (Å²) in [6.07, 6.45) is 2.12. The van der Waals surface area contributed by atoms with Crippen molar-refractivity contribution in [2.45, 2.75) is 39.5 Å². The van der Waals surface area contributed by atoms with Crippen molar-refractivity contribution in [3.8, 4) is 22.9 Å². The number of pyridine rings is 1. The first kappa shape index (κ1) is 42.3. The molecule has 4 aromatic carbocycles. The van der Waals surface area contributed by atoms with E-state index in [9.17, 15) is 9.59 Å². The molecule has 13 heteroatoms. The maximum absolute atomic E-state index is 13.6. The largest absolute Gasteiger partial charge is 0.497 e. The number of benzene rings is 4. The molecular formula is C46H52N6O7. The summed E-state index contributed by atoms with van der Waals surface area (Å²) in [4.78, 5) is 31.2. The van der Waals surface area contributed by atoms with Crippen LogP contribution in [0, 0.1) is 6.92 Å². The van der Waals surface area contributed by atoms with Gasteiger partial charge in [-0.3, -0.25) is 15.1 Å². The van der Waals surface area contributed by atoms with Gasteiger partial charge in [0.05, 0.1) is 57.2 Å². The van der Waals surface area contributed by atoms with E-state index < -0.39 is 6.03 Å². The molecule has 0 aliphatic rings. The first-order valence-electron chi connectivity index (χ1n) is 19.5. The van der Waals surface area contributed by atoms with Gasteiger partial charge in [0, 0.05) is 65.8 Å². The van der Waals surface area contributed by atoms with E-state index >= 15 is 0 Å². The lowest BCUT2D eigenvalue weighted by Crippen LogP contribution is -2.27. The molecule has 0 saturated heterocycles. The fraction of sp³-hybridized carbons (Fsp3) is 0.304. The van der Waals surface area contributed by atoms with Gasteiger partial charge in [-0.1, -0.05) is 62.7 Å². The average molecular weight is 801 g/mol. The standard InChI is InChI=1S/C46H52N6O7/c1-31-11-13-35(14-12-31)52-43(30-42(51-52)46(2,3)4)50-45(54)49-40-15-16-41(39-10-8-7-9-38(39)40)59-36-17-18-47-34(29-36)26-32-25-33(28-37(27-32)56-6)44(53)48-19-20-57-23-24-58-22-21-55-5/h7-18,25,27-30H,19-24,26H2,1-6H3,(H,48,53)(H2,49,50,54). The lowest BCUT2D eigenvalue weighted by molar-refractivity contribution is 0.0255. The predicted molar refractivity (Wildman–Crippen MR) is 230 cm³/mol. The Labute approximate surface area is 345 Å². The number of nitrogens with zero attached hydrogens (tertiary/aromatic N) is 3. The molecule has 0 bridgehead atoms. The van der Waals surface area contributed by atoms with Crippen LogP contribution in [-0.4, -0.2) is 80.5 Å². The number of ether oxygens (including phenoxy) is 5. The van der Waals surface area contributed by atoms with E-state index in [0.29, 0.717) is 80.3 Å². The number of hydrogen-bond donors (Lipinski definition) is 3. The average Bonchev–Trinajstić information content (AvgIpc) is 3.65. The Morgan fingerprint density at radius 3 is 2.25 bits per heavy atom. The number of carbonyl (C=O) groups is 2. The molecule has 0 spiro atoms. The minimum atomic E-state index is -0.404. The molecule has 0 unspecified atom stereocenters. The molecule has 3 N–H and O–H groups in total. The number of aromatic nitrogens is 3. The van der Waals surface area contributed by atoms with Crippen LogP contribution in [0.4, 0.5) is 16.3 Å². The van der Waals surface area contributed by atoms with Gasteiger partial charge in [0.15, 0.2) is 0 Å². The second-order valence-electron chi connectivity index (χ2n) is 15.0. The lowest BCUT2D eigenvalue weighted by Gasteiger charge is -2.15. The van der Waals surface area contributed by atoms with Gasteiger partial charge in [-0.25, -0.2) is 9.48 Å². The van der Waals surface area contributed by atoms with Gasteiger partial charge in [0.25, 0.3) is 5.91 Å². The number of amides is 3. The highest BCUT2D eigenvalue weighted by Crippen LogP contribution is 2.35. The van der Waals surface area contributed by atoms with Crippen molar-refractivity contribution in [1.82, 2.24) is 20.1 Å². The molecule has 3 amide bonds. The highest BCUT2D eigenvalue weighted by molar-refractivity contribution is 6.07. The molecule has 0 saturated carbocycles. The van der Waals surface area contributed by atoms with E-state index in [-0.39, 0.29) is 11.3 Å². The van der Waals surface area contributed by atoms with Crippen molar-refractivity contribution >= 4 is 34.2 Å². The van der Waals surface area contributed by atoms with Gasteiger partial charge in [0.1, 0.15) is 23.1 Å². The van der Waals surface area contributed by atoms with E-state index in [1.54, 1.807) is 37.2 Å². The minimum absolute atomic E-state index is 0.224. The van der Waals surface area contributed by atoms with Crippen LogP contribution in [0.2, 0.25) is 0 Å². The highest BCUT2D eigenvalue weighted by Gasteiger charge is 2.22. The third kappa shape index (κ3) is 11.7. The predicted octanol–water partition coefficient (Wildman–Crippen LogP) is 8.47. The highest BCUT2D eigenvalue weighted by atomic mass is 16.5. The van der Waals surface area contributed by atoms with Crippen LogP contribution in [0.25, 0.3) is 16.5 Å². The smallest absolute Gasteiger partial charge is 0.324 e. The van der Waals surface area contributed by atoms with Crippen molar-refractivity contribution in [3.63, 3.8) is 0 Å². The normalized spacial score (nSPS) is 11.4. The molecule has 6 aromatic rings. The number of nitrogens with one attached hydrogen (secondary N) is 3. The van der Waals surface area contributed by atoms with Gasteiger partial charge in [-0.15, -0.1) is 0 Å². The van der Waals surface area contributed by atoms with Gasteiger partial charge in [-0.2, -0.15) is 5.10 Å². The van der Waals surface area contributed by atoms with E-state index in [0.717, 1.165) is 39.0 Å². The number of urea groups is 1. The van der Waals surface area contributed by atoms with Crippen LogP contribution < -0.4 is 25.4 Å². The van der Waals surface area contributed by atoms with E-state index in [4.69, 9.17) is 28.8 Å². The third-order valence-corrected chi connectivity index (χ3v) is 9.33. The molecule has 59 heavy (non-hydrogen) atoms. The van der Waals surface area contributed by atoms with Crippen LogP contribution in [0.1, 0.15) is 53.6 Å². The van der Waals surface area contributed by atoms with Crippen molar-refractivity contribution in [2.75, 3.05) is 64.4 Å². The fourth-order valence-electron chi connectivity index (χ4n) is 6.23. The van der Waals surface area contributed by atoms with E-state index in [2.05, 4.69) is 41.7 Å². The molecule has 0 fully saturated rings. The van der Waals surface area contributed by atoms with Crippen LogP contribution in [0.15, 0.2) is 103 Å². The number of carbonyl (C=O) groups excluding carboxylic acids is 2. The molecule has 6 rings (SSSR count). The van der Waals surface area contributed by atoms with Gasteiger partial charge < -0.3 is 34.3 Å². The van der Waals surface area contributed by atoms with Crippen LogP contribution >= 0.6 is 0 Å². The zero-order valence-electron chi connectivity index (χ0n) is 34.5. The summed E-state index contributed by atoms with van der Waals surface area (Å²) < 4.78 is 29.6. The maximum Gasteiger partial charge on any atom is 0.324 e. The van der Waals surface area contributed by atoms with E-state index in [1.165, 1.54) is 0 Å². The quantitative estimate of drug-likeness (QED) is 0.0729. The third-order valence-electron chi connectivity index (χ3n) is 9.33.